The summed E-state index contributed by atoms with van der Waals surface area (Å²) in [6, 6.07) is 3.56. The molecule has 0 atom stereocenters. The third-order valence-electron chi connectivity index (χ3n) is 2.28. The quantitative estimate of drug-likeness (QED) is 0.612. The van der Waals surface area contributed by atoms with Gasteiger partial charge in [-0.1, -0.05) is 0 Å². The van der Waals surface area contributed by atoms with Gasteiger partial charge in [0.25, 0.3) is 0 Å². The third kappa shape index (κ3) is 3.68. The molecule has 0 bridgehead atoms. The summed E-state index contributed by atoms with van der Waals surface area (Å²) in [5.41, 5.74) is 4.25. The number of rotatable bonds is 8. The SMILES string of the molecule is CCONc1cc(NCCO)c(OC)cc1OC. The van der Waals surface area contributed by atoms with Gasteiger partial charge in [0.15, 0.2) is 0 Å². The molecule has 6 heteroatoms. The van der Waals surface area contributed by atoms with Crippen molar-refractivity contribution >= 4 is 11.4 Å². The van der Waals surface area contributed by atoms with Crippen molar-refractivity contribution in [1.82, 2.24) is 0 Å². The monoisotopic (exact) mass is 256 g/mol. The molecule has 0 saturated heterocycles. The highest BCUT2D eigenvalue weighted by Gasteiger charge is 2.10. The molecule has 0 saturated carbocycles. The van der Waals surface area contributed by atoms with Crippen LogP contribution in [0, 0.1) is 0 Å². The molecule has 0 unspecified atom stereocenters. The Labute approximate surface area is 107 Å². The van der Waals surface area contributed by atoms with Gasteiger partial charge >= 0.3 is 0 Å². The summed E-state index contributed by atoms with van der Waals surface area (Å²) in [6.45, 7) is 2.91. The summed E-state index contributed by atoms with van der Waals surface area (Å²) >= 11 is 0. The van der Waals surface area contributed by atoms with E-state index in [9.17, 15) is 0 Å². The maximum atomic E-state index is 8.83. The fourth-order valence-corrected chi connectivity index (χ4v) is 1.46. The number of anilines is 2. The Morgan fingerprint density at radius 1 is 1.11 bits per heavy atom. The van der Waals surface area contributed by atoms with Crippen molar-refractivity contribution < 1.29 is 19.4 Å². The van der Waals surface area contributed by atoms with Crippen LogP contribution < -0.4 is 20.3 Å². The molecule has 0 amide bonds. The first kappa shape index (κ1) is 14.4. The van der Waals surface area contributed by atoms with Gasteiger partial charge in [-0.05, 0) is 13.0 Å². The van der Waals surface area contributed by atoms with E-state index in [-0.39, 0.29) is 6.61 Å². The van der Waals surface area contributed by atoms with E-state index < -0.39 is 0 Å². The fraction of sp³-hybridized carbons (Fsp3) is 0.500. The van der Waals surface area contributed by atoms with Gasteiger partial charge in [-0.15, -0.1) is 0 Å². The predicted octanol–water partition coefficient (Wildman–Crippen LogP) is 1.47. The molecule has 0 spiro atoms. The van der Waals surface area contributed by atoms with Crippen molar-refractivity contribution in [2.75, 3.05) is 44.8 Å². The van der Waals surface area contributed by atoms with Crippen LogP contribution in [0.4, 0.5) is 11.4 Å². The smallest absolute Gasteiger partial charge is 0.148 e. The molecule has 102 valence electrons. The predicted molar refractivity (Wildman–Crippen MR) is 70.4 cm³/mol. The van der Waals surface area contributed by atoms with Crippen LogP contribution in [-0.4, -0.2) is 39.1 Å². The van der Waals surface area contributed by atoms with Crippen molar-refractivity contribution in [2.24, 2.45) is 0 Å². The number of aliphatic hydroxyl groups excluding tert-OH is 1. The molecule has 0 fully saturated rings. The van der Waals surface area contributed by atoms with Crippen LogP contribution >= 0.6 is 0 Å². The number of ether oxygens (including phenoxy) is 2. The standard InChI is InChI=1S/C12H20N2O4/c1-4-18-14-10-7-9(13-5-6-15)11(16-2)8-12(10)17-3/h7-8,13-15H,4-6H2,1-3H3. The normalized spacial score (nSPS) is 10.0. The van der Waals surface area contributed by atoms with E-state index in [0.717, 1.165) is 5.69 Å². The molecule has 0 aromatic heterocycles. The van der Waals surface area contributed by atoms with Crippen molar-refractivity contribution in [3.8, 4) is 11.5 Å². The van der Waals surface area contributed by atoms with Gasteiger partial charge in [-0.2, -0.15) is 0 Å². The summed E-state index contributed by atoms with van der Waals surface area (Å²) in [6.07, 6.45) is 0. The minimum Gasteiger partial charge on any atom is -0.494 e. The summed E-state index contributed by atoms with van der Waals surface area (Å²) < 4.78 is 10.5. The molecule has 1 rings (SSSR count). The van der Waals surface area contributed by atoms with E-state index >= 15 is 0 Å². The van der Waals surface area contributed by atoms with Gasteiger partial charge in [0.05, 0.1) is 33.1 Å². The first-order valence-electron chi connectivity index (χ1n) is 5.75. The average Bonchev–Trinajstić information content (AvgIpc) is 2.42. The average molecular weight is 256 g/mol. The second-order valence-corrected chi connectivity index (χ2v) is 3.44. The zero-order chi connectivity index (χ0) is 13.4. The van der Waals surface area contributed by atoms with E-state index in [1.54, 1.807) is 20.3 Å². The molecule has 0 aliphatic carbocycles. The topological polar surface area (TPSA) is 72.0 Å². The molecule has 0 radical (unpaired) electrons. The van der Waals surface area contributed by atoms with E-state index in [1.165, 1.54) is 0 Å². The van der Waals surface area contributed by atoms with Gasteiger partial charge in [0, 0.05) is 12.6 Å². The number of hydrogen-bond donors (Lipinski definition) is 3. The Morgan fingerprint density at radius 3 is 2.33 bits per heavy atom. The van der Waals surface area contributed by atoms with Crippen LogP contribution in [0.15, 0.2) is 12.1 Å². The van der Waals surface area contributed by atoms with Crippen LogP contribution in [0.1, 0.15) is 6.92 Å². The lowest BCUT2D eigenvalue weighted by molar-refractivity contribution is 0.209. The van der Waals surface area contributed by atoms with E-state index in [2.05, 4.69) is 10.8 Å². The van der Waals surface area contributed by atoms with E-state index in [0.29, 0.717) is 30.3 Å². The number of hydrogen-bond acceptors (Lipinski definition) is 6. The highest BCUT2D eigenvalue weighted by atomic mass is 16.6. The largest absolute Gasteiger partial charge is 0.494 e. The van der Waals surface area contributed by atoms with Crippen molar-refractivity contribution in [1.29, 1.82) is 0 Å². The number of aliphatic hydroxyl groups is 1. The van der Waals surface area contributed by atoms with Crippen LogP contribution in [0.5, 0.6) is 11.5 Å². The molecule has 0 aliphatic heterocycles. The number of benzene rings is 1. The zero-order valence-electron chi connectivity index (χ0n) is 10.9. The molecule has 1 aromatic rings. The van der Waals surface area contributed by atoms with Crippen LogP contribution in [0.3, 0.4) is 0 Å². The lowest BCUT2D eigenvalue weighted by atomic mass is 10.2. The Kier molecular flexibility index (Phi) is 6.10. The van der Waals surface area contributed by atoms with Crippen LogP contribution in [0.25, 0.3) is 0 Å². The van der Waals surface area contributed by atoms with Crippen molar-refractivity contribution in [3.05, 3.63) is 12.1 Å². The molecular weight excluding hydrogens is 236 g/mol. The summed E-state index contributed by atoms with van der Waals surface area (Å²) in [5.74, 6) is 1.26. The Bertz CT molecular complexity index is 340. The van der Waals surface area contributed by atoms with Gasteiger partial charge in [0.2, 0.25) is 0 Å². The Hall–Kier alpha value is -1.66. The Morgan fingerprint density at radius 2 is 1.78 bits per heavy atom. The van der Waals surface area contributed by atoms with E-state index in [1.807, 2.05) is 13.0 Å². The molecule has 1 aromatic carbocycles. The molecule has 0 aliphatic rings. The highest BCUT2D eigenvalue weighted by molar-refractivity contribution is 5.70. The van der Waals surface area contributed by atoms with Crippen molar-refractivity contribution in [3.63, 3.8) is 0 Å². The third-order valence-corrected chi connectivity index (χ3v) is 2.28. The Balaban J connectivity index is 2.99. The minimum absolute atomic E-state index is 0.0450. The summed E-state index contributed by atoms with van der Waals surface area (Å²) in [4.78, 5) is 5.15. The highest BCUT2D eigenvalue weighted by Crippen LogP contribution is 2.36. The minimum atomic E-state index is 0.0450. The van der Waals surface area contributed by atoms with Crippen LogP contribution in [0.2, 0.25) is 0 Å². The van der Waals surface area contributed by atoms with Crippen LogP contribution in [-0.2, 0) is 4.84 Å². The lowest BCUT2D eigenvalue weighted by Crippen LogP contribution is -2.08. The maximum Gasteiger partial charge on any atom is 0.148 e. The number of methoxy groups -OCH3 is 2. The second kappa shape index (κ2) is 7.62. The fourth-order valence-electron chi connectivity index (χ4n) is 1.46. The molecular formula is C12H20N2O4. The first-order valence-corrected chi connectivity index (χ1v) is 5.75. The number of nitrogens with one attached hydrogen (secondary N) is 2. The second-order valence-electron chi connectivity index (χ2n) is 3.44. The molecule has 3 N–H and O–H groups in total. The van der Waals surface area contributed by atoms with Gasteiger partial charge < -0.3 is 19.9 Å². The molecule has 0 heterocycles. The molecule has 6 nitrogen and oxygen atoms in total. The summed E-state index contributed by atoms with van der Waals surface area (Å²) in [5, 5.41) is 11.9. The maximum absolute atomic E-state index is 8.83. The van der Waals surface area contributed by atoms with Crippen molar-refractivity contribution in [2.45, 2.75) is 6.92 Å². The van der Waals surface area contributed by atoms with Gasteiger partial charge in [-0.25, -0.2) is 0 Å². The van der Waals surface area contributed by atoms with Gasteiger partial charge in [0.1, 0.15) is 17.2 Å². The first-order chi connectivity index (χ1) is 8.76. The summed E-state index contributed by atoms with van der Waals surface area (Å²) in [7, 11) is 3.15. The lowest BCUT2D eigenvalue weighted by Gasteiger charge is -2.16. The van der Waals surface area contributed by atoms with E-state index in [4.69, 9.17) is 19.4 Å². The zero-order valence-corrected chi connectivity index (χ0v) is 10.9. The molecule has 18 heavy (non-hydrogen) atoms. The van der Waals surface area contributed by atoms with Gasteiger partial charge in [-0.3, -0.25) is 10.3 Å².